The van der Waals surface area contributed by atoms with E-state index in [0.717, 1.165) is 65.1 Å². The maximum atomic E-state index is 12.6. The molecule has 4 rings (SSSR count). The summed E-state index contributed by atoms with van der Waals surface area (Å²) in [5.41, 5.74) is 1.29. The van der Waals surface area contributed by atoms with Crippen molar-refractivity contribution in [2.45, 2.75) is 58.2 Å². The van der Waals surface area contributed by atoms with Crippen LogP contribution in [0.2, 0.25) is 0 Å². The Kier molecular flexibility index (Phi) is 5.60. The molecule has 3 fully saturated rings. The highest BCUT2D eigenvalue weighted by molar-refractivity contribution is 5.76. The molecule has 0 radical (unpaired) electrons. The van der Waals surface area contributed by atoms with Crippen LogP contribution in [0.3, 0.4) is 0 Å². The van der Waals surface area contributed by atoms with E-state index in [4.69, 9.17) is 4.74 Å². The van der Waals surface area contributed by atoms with Crippen molar-refractivity contribution in [2.75, 3.05) is 32.8 Å². The zero-order valence-corrected chi connectivity index (χ0v) is 16.0. The van der Waals surface area contributed by atoms with Gasteiger partial charge in [0, 0.05) is 50.4 Å². The number of aryl methyl sites for hydroxylation is 1. The number of likely N-dealkylation sites (tertiary alicyclic amines) is 2. The monoisotopic (exact) mass is 360 g/mol. The Hall–Kier alpha value is -1.40. The Labute approximate surface area is 156 Å². The minimum Gasteiger partial charge on any atom is -0.377 e. The van der Waals surface area contributed by atoms with Crippen molar-refractivity contribution in [3.05, 3.63) is 18.0 Å². The first kappa shape index (κ1) is 18.0. The highest BCUT2D eigenvalue weighted by Gasteiger charge is 2.42. The fourth-order valence-electron chi connectivity index (χ4n) is 4.88. The summed E-state index contributed by atoms with van der Waals surface area (Å²) in [6.07, 6.45) is 9.59. The predicted molar refractivity (Wildman–Crippen MR) is 99.6 cm³/mol. The Morgan fingerprint density at radius 2 is 2.12 bits per heavy atom. The molecule has 0 aromatic carbocycles. The van der Waals surface area contributed by atoms with E-state index >= 15 is 0 Å². The molecule has 3 atom stereocenters. The van der Waals surface area contributed by atoms with Gasteiger partial charge in [-0.3, -0.25) is 14.4 Å². The number of hydrogen-bond donors (Lipinski definition) is 0. The Balaban J connectivity index is 1.28. The SMILES string of the molecule is CCn1cc(CN2CC[C@@H]3[C@@H](CO[C@H]3CC(=O)N3CCCCC3)C2)cn1. The van der Waals surface area contributed by atoms with Crippen LogP contribution in [0, 0.1) is 11.8 Å². The summed E-state index contributed by atoms with van der Waals surface area (Å²) < 4.78 is 8.08. The van der Waals surface area contributed by atoms with Crippen LogP contribution in [0.4, 0.5) is 0 Å². The van der Waals surface area contributed by atoms with E-state index in [-0.39, 0.29) is 6.10 Å². The summed E-state index contributed by atoms with van der Waals surface area (Å²) in [4.78, 5) is 17.2. The predicted octanol–water partition coefficient (Wildman–Crippen LogP) is 2.14. The molecule has 0 N–H and O–H groups in total. The molecule has 1 amide bonds. The number of ether oxygens (including phenoxy) is 1. The Morgan fingerprint density at radius 3 is 2.88 bits per heavy atom. The maximum absolute atomic E-state index is 12.6. The zero-order valence-electron chi connectivity index (χ0n) is 16.0. The van der Waals surface area contributed by atoms with Gasteiger partial charge in [-0.2, -0.15) is 5.10 Å². The standard InChI is InChI=1S/C20H32N4O2/c1-2-24-13-16(11-21-24)12-22-9-6-18-17(14-22)15-26-19(18)10-20(25)23-7-4-3-5-8-23/h11,13,17-19H,2-10,12,14-15H2,1H3/t17-,18-,19+/m1/s1. The average Bonchev–Trinajstić information content (AvgIpc) is 3.29. The van der Waals surface area contributed by atoms with Gasteiger partial charge in [-0.1, -0.05) is 0 Å². The first-order valence-electron chi connectivity index (χ1n) is 10.4. The summed E-state index contributed by atoms with van der Waals surface area (Å²) in [5.74, 6) is 1.44. The smallest absolute Gasteiger partial charge is 0.225 e. The van der Waals surface area contributed by atoms with E-state index in [1.165, 1.54) is 12.0 Å². The molecule has 0 bridgehead atoms. The van der Waals surface area contributed by atoms with E-state index in [1.807, 2.05) is 10.9 Å². The maximum Gasteiger partial charge on any atom is 0.225 e. The topological polar surface area (TPSA) is 50.6 Å². The van der Waals surface area contributed by atoms with Gasteiger partial charge in [-0.25, -0.2) is 0 Å². The molecule has 0 spiro atoms. The second kappa shape index (κ2) is 8.09. The first-order valence-corrected chi connectivity index (χ1v) is 10.4. The van der Waals surface area contributed by atoms with Crippen LogP contribution in [0.15, 0.2) is 12.4 Å². The molecule has 0 aliphatic carbocycles. The minimum atomic E-state index is 0.138. The van der Waals surface area contributed by atoms with E-state index in [1.54, 1.807) is 0 Å². The van der Waals surface area contributed by atoms with Crippen LogP contribution in [0.25, 0.3) is 0 Å². The van der Waals surface area contributed by atoms with Crippen LogP contribution in [0.1, 0.15) is 44.6 Å². The Morgan fingerprint density at radius 1 is 1.27 bits per heavy atom. The van der Waals surface area contributed by atoms with Crippen LogP contribution >= 0.6 is 0 Å². The quantitative estimate of drug-likeness (QED) is 0.807. The van der Waals surface area contributed by atoms with Gasteiger partial charge in [0.2, 0.25) is 5.91 Å². The zero-order chi connectivity index (χ0) is 17.9. The summed E-state index contributed by atoms with van der Waals surface area (Å²) in [7, 11) is 0. The van der Waals surface area contributed by atoms with Crippen LogP contribution in [-0.2, 0) is 22.6 Å². The first-order chi connectivity index (χ1) is 12.7. The fraction of sp³-hybridized carbons (Fsp3) is 0.800. The lowest BCUT2D eigenvalue weighted by atomic mass is 9.83. The molecule has 6 heteroatoms. The van der Waals surface area contributed by atoms with Crippen LogP contribution in [0.5, 0.6) is 0 Å². The molecule has 26 heavy (non-hydrogen) atoms. The molecular weight excluding hydrogens is 328 g/mol. The summed E-state index contributed by atoms with van der Waals surface area (Å²) in [5, 5.41) is 4.38. The number of carbonyl (C=O) groups is 1. The summed E-state index contributed by atoms with van der Waals surface area (Å²) >= 11 is 0. The number of carbonyl (C=O) groups excluding carboxylic acids is 1. The molecule has 1 aromatic rings. The highest BCUT2D eigenvalue weighted by Crippen LogP contribution is 2.36. The lowest BCUT2D eigenvalue weighted by molar-refractivity contribution is -0.134. The number of hydrogen-bond acceptors (Lipinski definition) is 4. The number of amides is 1. The van der Waals surface area contributed by atoms with Crippen molar-refractivity contribution in [2.24, 2.45) is 11.8 Å². The molecule has 1 aromatic heterocycles. The van der Waals surface area contributed by atoms with E-state index in [9.17, 15) is 4.79 Å². The fourth-order valence-corrected chi connectivity index (χ4v) is 4.88. The molecule has 3 aliphatic heterocycles. The largest absolute Gasteiger partial charge is 0.377 e. The molecule has 6 nitrogen and oxygen atoms in total. The van der Waals surface area contributed by atoms with Gasteiger partial charge in [0.05, 0.1) is 25.3 Å². The van der Waals surface area contributed by atoms with Crippen molar-refractivity contribution in [3.8, 4) is 0 Å². The van der Waals surface area contributed by atoms with Gasteiger partial charge in [0.15, 0.2) is 0 Å². The molecule has 0 saturated carbocycles. The van der Waals surface area contributed by atoms with Gasteiger partial charge < -0.3 is 9.64 Å². The number of aromatic nitrogens is 2. The second-order valence-corrected chi connectivity index (χ2v) is 8.17. The second-order valence-electron chi connectivity index (χ2n) is 8.17. The lowest BCUT2D eigenvalue weighted by Crippen LogP contribution is -2.42. The van der Waals surface area contributed by atoms with E-state index in [0.29, 0.717) is 24.2 Å². The van der Waals surface area contributed by atoms with E-state index < -0.39 is 0 Å². The van der Waals surface area contributed by atoms with Gasteiger partial charge in [0.1, 0.15) is 0 Å². The number of fused-ring (bicyclic) bond motifs is 1. The highest BCUT2D eigenvalue weighted by atomic mass is 16.5. The third-order valence-electron chi connectivity index (χ3n) is 6.38. The van der Waals surface area contributed by atoms with Crippen molar-refractivity contribution in [3.63, 3.8) is 0 Å². The third-order valence-corrected chi connectivity index (χ3v) is 6.38. The normalized spacial score (nSPS) is 29.7. The van der Waals surface area contributed by atoms with Crippen LogP contribution < -0.4 is 0 Å². The van der Waals surface area contributed by atoms with Crippen molar-refractivity contribution in [1.29, 1.82) is 0 Å². The van der Waals surface area contributed by atoms with Crippen molar-refractivity contribution < 1.29 is 9.53 Å². The third kappa shape index (κ3) is 3.96. The van der Waals surface area contributed by atoms with Gasteiger partial charge in [-0.05, 0) is 45.1 Å². The molecule has 4 heterocycles. The van der Waals surface area contributed by atoms with Gasteiger partial charge in [0.25, 0.3) is 0 Å². The van der Waals surface area contributed by atoms with E-state index in [2.05, 4.69) is 28.0 Å². The Bertz CT molecular complexity index is 611. The molecule has 3 saturated heterocycles. The molecule has 144 valence electrons. The van der Waals surface area contributed by atoms with Crippen molar-refractivity contribution in [1.82, 2.24) is 19.6 Å². The number of piperidine rings is 2. The van der Waals surface area contributed by atoms with Gasteiger partial charge >= 0.3 is 0 Å². The minimum absolute atomic E-state index is 0.138. The molecule has 0 unspecified atom stereocenters. The lowest BCUT2D eigenvalue weighted by Gasteiger charge is -2.36. The summed E-state index contributed by atoms with van der Waals surface area (Å²) in [6, 6.07) is 0. The number of rotatable bonds is 5. The average molecular weight is 361 g/mol. The molecule has 3 aliphatic rings. The number of nitrogens with zero attached hydrogens (tertiary/aromatic N) is 4. The summed E-state index contributed by atoms with van der Waals surface area (Å²) in [6.45, 7) is 8.88. The van der Waals surface area contributed by atoms with Crippen LogP contribution in [-0.4, -0.2) is 64.4 Å². The molecular formula is C20H32N4O2. The van der Waals surface area contributed by atoms with Gasteiger partial charge in [-0.15, -0.1) is 0 Å². The van der Waals surface area contributed by atoms with Crippen molar-refractivity contribution >= 4 is 5.91 Å².